The first-order valence-electron chi connectivity index (χ1n) is 5.93. The molecule has 0 amide bonds. The summed E-state index contributed by atoms with van der Waals surface area (Å²) in [5, 5.41) is 4.32. The molecule has 2 heterocycles. The third-order valence-electron chi connectivity index (χ3n) is 2.89. The van der Waals surface area contributed by atoms with Gasteiger partial charge in [0.05, 0.1) is 21.5 Å². The second kappa shape index (κ2) is 5.32. The Morgan fingerprint density at radius 3 is 2.68 bits per heavy atom. The summed E-state index contributed by atoms with van der Waals surface area (Å²) in [6, 6.07) is 1.90. The van der Waals surface area contributed by atoms with Crippen LogP contribution in [0.15, 0.2) is 21.9 Å². The SMILES string of the molecule is CCn1nc(C)cc1Cn1c(=O)c(I)cn(C)c1=O. The zero-order valence-corrected chi connectivity index (χ0v) is 13.2. The van der Waals surface area contributed by atoms with Crippen molar-refractivity contribution in [3.8, 4) is 0 Å². The number of halogens is 1. The predicted molar refractivity (Wildman–Crippen MR) is 80.4 cm³/mol. The maximum Gasteiger partial charge on any atom is 0.331 e. The van der Waals surface area contributed by atoms with Gasteiger partial charge in [-0.1, -0.05) is 0 Å². The Morgan fingerprint density at radius 1 is 1.37 bits per heavy atom. The van der Waals surface area contributed by atoms with Crippen LogP contribution in [0.5, 0.6) is 0 Å². The minimum Gasteiger partial charge on any atom is -0.302 e. The van der Waals surface area contributed by atoms with E-state index < -0.39 is 0 Å². The summed E-state index contributed by atoms with van der Waals surface area (Å²) in [4.78, 5) is 24.1. The van der Waals surface area contributed by atoms with Crippen molar-refractivity contribution in [2.75, 3.05) is 0 Å². The van der Waals surface area contributed by atoms with Crippen LogP contribution < -0.4 is 11.2 Å². The van der Waals surface area contributed by atoms with Crippen LogP contribution >= 0.6 is 22.6 Å². The Labute approximate surface area is 123 Å². The molecule has 0 aliphatic heterocycles. The highest BCUT2D eigenvalue weighted by atomic mass is 127. The van der Waals surface area contributed by atoms with Crippen molar-refractivity contribution in [1.29, 1.82) is 0 Å². The molecule has 2 aromatic heterocycles. The van der Waals surface area contributed by atoms with Crippen LogP contribution in [0.25, 0.3) is 0 Å². The molecule has 102 valence electrons. The van der Waals surface area contributed by atoms with Gasteiger partial charge in [-0.25, -0.2) is 4.79 Å². The fraction of sp³-hybridized carbons (Fsp3) is 0.417. The number of rotatable bonds is 3. The standard InChI is InChI=1S/C12H15IN4O2/c1-4-17-9(5-8(2)14-17)6-16-11(18)10(13)7-15(3)12(16)19/h5,7H,4,6H2,1-3H3. The van der Waals surface area contributed by atoms with Crippen LogP contribution in [0.3, 0.4) is 0 Å². The monoisotopic (exact) mass is 374 g/mol. The number of nitrogens with zero attached hydrogens (tertiary/aromatic N) is 4. The zero-order valence-electron chi connectivity index (χ0n) is 11.1. The maximum atomic E-state index is 12.1. The van der Waals surface area contributed by atoms with Crippen LogP contribution in [0.2, 0.25) is 0 Å². The number of hydrogen-bond acceptors (Lipinski definition) is 3. The molecular weight excluding hydrogens is 359 g/mol. The van der Waals surface area contributed by atoms with E-state index in [1.807, 2.05) is 42.5 Å². The van der Waals surface area contributed by atoms with Crippen LogP contribution in [0.1, 0.15) is 18.3 Å². The van der Waals surface area contributed by atoms with Crippen LogP contribution in [-0.4, -0.2) is 18.9 Å². The van der Waals surface area contributed by atoms with Gasteiger partial charge in [0.1, 0.15) is 0 Å². The molecular formula is C12H15IN4O2. The van der Waals surface area contributed by atoms with Gasteiger partial charge in [0.25, 0.3) is 5.56 Å². The van der Waals surface area contributed by atoms with E-state index in [1.165, 1.54) is 9.13 Å². The Hall–Kier alpha value is -1.38. The Bertz CT molecular complexity index is 692. The van der Waals surface area contributed by atoms with E-state index in [0.717, 1.165) is 11.4 Å². The smallest absolute Gasteiger partial charge is 0.302 e. The lowest BCUT2D eigenvalue weighted by molar-refractivity contribution is 0.565. The summed E-state index contributed by atoms with van der Waals surface area (Å²) in [6.07, 6.45) is 1.55. The van der Waals surface area contributed by atoms with Gasteiger partial charge >= 0.3 is 5.69 Å². The molecule has 19 heavy (non-hydrogen) atoms. The van der Waals surface area contributed by atoms with Crippen molar-refractivity contribution in [2.45, 2.75) is 26.9 Å². The molecule has 0 aromatic carbocycles. The largest absolute Gasteiger partial charge is 0.331 e. The van der Waals surface area contributed by atoms with Crippen molar-refractivity contribution in [1.82, 2.24) is 18.9 Å². The van der Waals surface area contributed by atoms with Gasteiger partial charge in [0.15, 0.2) is 0 Å². The molecule has 0 atom stereocenters. The highest BCUT2D eigenvalue weighted by Gasteiger charge is 2.11. The number of aryl methyl sites for hydroxylation is 3. The van der Waals surface area contributed by atoms with Crippen molar-refractivity contribution < 1.29 is 0 Å². The minimum atomic E-state index is -0.313. The maximum absolute atomic E-state index is 12.1. The lowest BCUT2D eigenvalue weighted by atomic mass is 10.3. The molecule has 0 saturated carbocycles. The summed E-state index contributed by atoms with van der Waals surface area (Å²) in [6.45, 7) is 4.83. The average Bonchev–Trinajstić information content (AvgIpc) is 2.72. The minimum absolute atomic E-state index is 0.247. The molecule has 0 N–H and O–H groups in total. The van der Waals surface area contributed by atoms with Crippen LogP contribution in [0, 0.1) is 10.5 Å². The predicted octanol–water partition coefficient (Wildman–Crippen LogP) is 0.725. The first kappa shape index (κ1) is 14.0. The van der Waals surface area contributed by atoms with Crippen molar-refractivity contribution in [3.05, 3.63) is 48.1 Å². The molecule has 2 aromatic rings. The van der Waals surface area contributed by atoms with E-state index in [1.54, 1.807) is 17.9 Å². The van der Waals surface area contributed by atoms with Gasteiger partial charge in [-0.3, -0.25) is 14.0 Å². The van der Waals surface area contributed by atoms with Gasteiger partial charge in [0, 0.05) is 19.8 Å². The Balaban J connectivity index is 2.55. The normalized spacial score (nSPS) is 10.9. The van der Waals surface area contributed by atoms with Gasteiger partial charge in [-0.15, -0.1) is 0 Å². The van der Waals surface area contributed by atoms with E-state index >= 15 is 0 Å². The lowest BCUT2D eigenvalue weighted by Gasteiger charge is -2.09. The van der Waals surface area contributed by atoms with E-state index in [2.05, 4.69) is 5.10 Å². The topological polar surface area (TPSA) is 61.8 Å². The number of hydrogen-bond donors (Lipinski definition) is 0. The second-order valence-corrected chi connectivity index (χ2v) is 5.52. The third kappa shape index (κ3) is 2.65. The van der Waals surface area contributed by atoms with Crippen molar-refractivity contribution in [2.24, 2.45) is 7.05 Å². The molecule has 6 nitrogen and oxygen atoms in total. The van der Waals surface area contributed by atoms with Gasteiger partial charge < -0.3 is 4.57 Å². The molecule has 0 unspecified atom stereocenters. The summed E-state index contributed by atoms with van der Waals surface area (Å²) in [5.41, 5.74) is 1.17. The fourth-order valence-corrected chi connectivity index (χ4v) is 2.70. The van der Waals surface area contributed by atoms with E-state index in [0.29, 0.717) is 10.1 Å². The Kier molecular flexibility index (Phi) is 3.93. The van der Waals surface area contributed by atoms with Gasteiger partial charge in [0.2, 0.25) is 0 Å². The first-order valence-corrected chi connectivity index (χ1v) is 7.01. The van der Waals surface area contributed by atoms with Crippen molar-refractivity contribution in [3.63, 3.8) is 0 Å². The van der Waals surface area contributed by atoms with Crippen LogP contribution in [-0.2, 0) is 20.1 Å². The van der Waals surface area contributed by atoms with E-state index in [-0.39, 0.29) is 17.8 Å². The van der Waals surface area contributed by atoms with E-state index in [4.69, 9.17) is 0 Å². The van der Waals surface area contributed by atoms with Gasteiger partial charge in [-0.05, 0) is 42.5 Å². The summed E-state index contributed by atoms with van der Waals surface area (Å²) in [5.74, 6) is 0. The third-order valence-corrected chi connectivity index (χ3v) is 3.63. The molecule has 0 fully saturated rings. The molecule has 0 bridgehead atoms. The fourth-order valence-electron chi connectivity index (χ4n) is 1.99. The number of aromatic nitrogens is 4. The first-order chi connectivity index (χ1) is 8.93. The summed E-state index contributed by atoms with van der Waals surface area (Å²) in [7, 11) is 1.64. The highest BCUT2D eigenvalue weighted by molar-refractivity contribution is 14.1. The zero-order chi connectivity index (χ0) is 14.2. The summed E-state index contributed by atoms with van der Waals surface area (Å²) >= 11 is 1.94. The molecule has 2 rings (SSSR count). The molecule has 0 aliphatic carbocycles. The Morgan fingerprint density at radius 2 is 2.05 bits per heavy atom. The van der Waals surface area contributed by atoms with Crippen LogP contribution in [0.4, 0.5) is 0 Å². The quantitative estimate of drug-likeness (QED) is 0.745. The molecule has 0 saturated heterocycles. The molecule has 0 radical (unpaired) electrons. The lowest BCUT2D eigenvalue weighted by Crippen LogP contribution is -2.40. The van der Waals surface area contributed by atoms with Crippen molar-refractivity contribution >= 4 is 22.6 Å². The molecule has 7 heteroatoms. The van der Waals surface area contributed by atoms with Gasteiger partial charge in [-0.2, -0.15) is 5.10 Å². The second-order valence-electron chi connectivity index (χ2n) is 4.35. The molecule has 0 spiro atoms. The van der Waals surface area contributed by atoms with E-state index in [9.17, 15) is 9.59 Å². The summed E-state index contributed by atoms with van der Waals surface area (Å²) < 4.78 is 4.99. The molecule has 0 aliphatic rings. The average molecular weight is 374 g/mol. The highest BCUT2D eigenvalue weighted by Crippen LogP contribution is 2.04.